The van der Waals surface area contributed by atoms with Crippen molar-refractivity contribution in [2.75, 3.05) is 11.9 Å². The zero-order valence-electron chi connectivity index (χ0n) is 11.1. The van der Waals surface area contributed by atoms with Gasteiger partial charge in [-0.25, -0.2) is 4.79 Å². The summed E-state index contributed by atoms with van der Waals surface area (Å²) in [6.45, 7) is 0.730. The molecule has 0 spiro atoms. The Morgan fingerprint density at radius 3 is 2.60 bits per heavy atom. The fourth-order valence-electron chi connectivity index (χ4n) is 2.56. The molecule has 0 aliphatic carbocycles. The van der Waals surface area contributed by atoms with E-state index in [1.54, 1.807) is 6.07 Å². The van der Waals surface area contributed by atoms with Gasteiger partial charge in [-0.3, -0.25) is 0 Å². The highest BCUT2D eigenvalue weighted by molar-refractivity contribution is 6.00. The van der Waals surface area contributed by atoms with Crippen LogP contribution in [0.15, 0.2) is 36.4 Å². The van der Waals surface area contributed by atoms with Crippen LogP contribution in [0.3, 0.4) is 0 Å². The molecule has 104 valence electrons. The van der Waals surface area contributed by atoms with Crippen molar-refractivity contribution >= 4 is 22.4 Å². The second-order valence-electron chi connectivity index (χ2n) is 5.05. The van der Waals surface area contributed by atoms with Crippen LogP contribution < -0.4 is 5.32 Å². The predicted octanol–water partition coefficient (Wildman–Crippen LogP) is 3.48. The number of nitrogens with one attached hydrogen (secondary N) is 1. The first kappa shape index (κ1) is 12.9. The fraction of sp³-hybridized carbons (Fsp3) is 0.312. The van der Waals surface area contributed by atoms with Gasteiger partial charge in [-0.05, 0) is 42.2 Å². The molecule has 4 heteroatoms. The Labute approximate surface area is 117 Å². The molecule has 2 aromatic carbocycles. The molecule has 0 saturated carbocycles. The molecule has 1 saturated heterocycles. The van der Waals surface area contributed by atoms with Gasteiger partial charge in [0.1, 0.15) is 6.23 Å². The van der Waals surface area contributed by atoms with Gasteiger partial charge in [-0.2, -0.15) is 0 Å². The van der Waals surface area contributed by atoms with Gasteiger partial charge in [-0.15, -0.1) is 0 Å². The third-order valence-electron chi connectivity index (χ3n) is 3.61. The van der Waals surface area contributed by atoms with Gasteiger partial charge in [-0.1, -0.05) is 24.3 Å². The third-order valence-corrected chi connectivity index (χ3v) is 3.61. The number of hydrogen-bond acceptors (Lipinski definition) is 3. The zero-order valence-corrected chi connectivity index (χ0v) is 11.1. The van der Waals surface area contributed by atoms with Crippen LogP contribution in [0.5, 0.6) is 0 Å². The summed E-state index contributed by atoms with van der Waals surface area (Å²) in [7, 11) is 0. The Balaban J connectivity index is 1.98. The Bertz CT molecular complexity index is 633. The van der Waals surface area contributed by atoms with Crippen LogP contribution in [-0.4, -0.2) is 23.9 Å². The molecule has 0 radical (unpaired) electrons. The van der Waals surface area contributed by atoms with E-state index in [1.165, 1.54) is 0 Å². The monoisotopic (exact) mass is 271 g/mol. The van der Waals surface area contributed by atoms with E-state index >= 15 is 0 Å². The van der Waals surface area contributed by atoms with Gasteiger partial charge in [0.05, 0.1) is 11.3 Å². The maximum Gasteiger partial charge on any atom is 0.337 e. The minimum Gasteiger partial charge on any atom is -0.478 e. The highest BCUT2D eigenvalue weighted by atomic mass is 16.5. The number of aromatic carboxylic acids is 1. The van der Waals surface area contributed by atoms with Crippen LogP contribution >= 0.6 is 0 Å². The fourth-order valence-corrected chi connectivity index (χ4v) is 2.56. The number of fused-ring (bicyclic) bond motifs is 1. The van der Waals surface area contributed by atoms with Crippen LogP contribution in [0.2, 0.25) is 0 Å². The summed E-state index contributed by atoms with van der Waals surface area (Å²) < 4.78 is 5.62. The molecule has 2 N–H and O–H groups in total. The average Bonchev–Trinajstić information content (AvgIpc) is 2.47. The van der Waals surface area contributed by atoms with Crippen molar-refractivity contribution in [2.45, 2.75) is 25.5 Å². The summed E-state index contributed by atoms with van der Waals surface area (Å²) in [5.74, 6) is -0.922. The Morgan fingerprint density at radius 2 is 1.95 bits per heavy atom. The largest absolute Gasteiger partial charge is 0.478 e. The predicted molar refractivity (Wildman–Crippen MR) is 78.1 cm³/mol. The number of rotatable bonds is 3. The third kappa shape index (κ3) is 2.60. The maximum atomic E-state index is 11.4. The topological polar surface area (TPSA) is 58.6 Å². The average molecular weight is 271 g/mol. The number of carbonyl (C=O) groups is 1. The number of carboxylic acids is 1. The van der Waals surface area contributed by atoms with Crippen LogP contribution in [0.1, 0.15) is 29.6 Å². The van der Waals surface area contributed by atoms with Crippen molar-refractivity contribution in [3.05, 3.63) is 42.0 Å². The smallest absolute Gasteiger partial charge is 0.337 e. The first-order valence-electron chi connectivity index (χ1n) is 6.88. The Kier molecular flexibility index (Phi) is 3.56. The van der Waals surface area contributed by atoms with Crippen molar-refractivity contribution in [3.63, 3.8) is 0 Å². The zero-order chi connectivity index (χ0) is 13.9. The SMILES string of the molecule is O=C(O)c1cc2ccccc2cc1NC1CCCCO1. The standard InChI is InChI=1S/C16H17NO3/c18-16(19)13-9-11-5-1-2-6-12(11)10-14(13)17-15-7-3-4-8-20-15/h1-2,5-6,9-10,15,17H,3-4,7-8H2,(H,18,19). The van der Waals surface area contributed by atoms with Crippen LogP contribution in [0.25, 0.3) is 10.8 Å². The van der Waals surface area contributed by atoms with Crippen molar-refractivity contribution in [1.82, 2.24) is 0 Å². The van der Waals surface area contributed by atoms with Gasteiger partial charge in [0.2, 0.25) is 0 Å². The van der Waals surface area contributed by atoms with Crippen LogP contribution in [-0.2, 0) is 4.74 Å². The van der Waals surface area contributed by atoms with E-state index in [9.17, 15) is 9.90 Å². The molecule has 1 atom stereocenters. The molecule has 1 heterocycles. The molecular formula is C16H17NO3. The second kappa shape index (κ2) is 5.51. The number of ether oxygens (including phenoxy) is 1. The number of carboxylic acid groups (broad SMARTS) is 1. The molecular weight excluding hydrogens is 254 g/mol. The molecule has 1 aliphatic rings. The van der Waals surface area contributed by atoms with E-state index < -0.39 is 5.97 Å². The lowest BCUT2D eigenvalue weighted by Crippen LogP contribution is -2.28. The molecule has 0 amide bonds. The summed E-state index contributed by atoms with van der Waals surface area (Å²) >= 11 is 0. The molecule has 1 aliphatic heterocycles. The molecule has 2 aromatic rings. The first-order chi connectivity index (χ1) is 9.74. The van der Waals surface area contributed by atoms with Crippen molar-refractivity contribution in [1.29, 1.82) is 0 Å². The number of anilines is 1. The second-order valence-corrected chi connectivity index (χ2v) is 5.05. The maximum absolute atomic E-state index is 11.4. The highest BCUT2D eigenvalue weighted by Crippen LogP contribution is 2.26. The number of benzene rings is 2. The Morgan fingerprint density at radius 1 is 1.20 bits per heavy atom. The van der Waals surface area contributed by atoms with Gasteiger partial charge in [0, 0.05) is 6.61 Å². The van der Waals surface area contributed by atoms with E-state index in [-0.39, 0.29) is 11.8 Å². The van der Waals surface area contributed by atoms with Gasteiger partial charge < -0.3 is 15.2 Å². The van der Waals surface area contributed by atoms with Gasteiger partial charge >= 0.3 is 5.97 Å². The van der Waals surface area contributed by atoms with E-state index in [2.05, 4.69) is 5.32 Å². The van der Waals surface area contributed by atoms with Crippen LogP contribution in [0.4, 0.5) is 5.69 Å². The summed E-state index contributed by atoms with van der Waals surface area (Å²) in [6, 6.07) is 11.4. The lowest BCUT2D eigenvalue weighted by Gasteiger charge is -2.25. The molecule has 0 bridgehead atoms. The van der Waals surface area contributed by atoms with E-state index in [0.717, 1.165) is 36.6 Å². The minimum atomic E-state index is -0.922. The van der Waals surface area contributed by atoms with E-state index in [4.69, 9.17) is 4.74 Å². The molecule has 1 unspecified atom stereocenters. The minimum absolute atomic E-state index is 0.0944. The van der Waals surface area contributed by atoms with E-state index in [0.29, 0.717) is 5.69 Å². The highest BCUT2D eigenvalue weighted by Gasteiger charge is 2.17. The summed E-state index contributed by atoms with van der Waals surface area (Å²) in [4.78, 5) is 11.4. The van der Waals surface area contributed by atoms with Crippen molar-refractivity contribution in [2.24, 2.45) is 0 Å². The molecule has 4 nitrogen and oxygen atoms in total. The lowest BCUT2D eigenvalue weighted by molar-refractivity contribution is 0.0342. The van der Waals surface area contributed by atoms with Crippen molar-refractivity contribution in [3.8, 4) is 0 Å². The van der Waals surface area contributed by atoms with Crippen LogP contribution in [0, 0.1) is 0 Å². The molecule has 20 heavy (non-hydrogen) atoms. The van der Waals surface area contributed by atoms with Gasteiger partial charge in [0.15, 0.2) is 0 Å². The molecule has 3 rings (SSSR count). The van der Waals surface area contributed by atoms with Crippen molar-refractivity contribution < 1.29 is 14.6 Å². The normalized spacial score (nSPS) is 18.9. The van der Waals surface area contributed by atoms with E-state index in [1.807, 2.05) is 30.3 Å². The number of hydrogen-bond donors (Lipinski definition) is 2. The Hall–Kier alpha value is -2.07. The summed E-state index contributed by atoms with van der Waals surface area (Å²) in [6.07, 6.45) is 2.99. The molecule has 0 aromatic heterocycles. The quantitative estimate of drug-likeness (QED) is 0.897. The first-order valence-corrected chi connectivity index (χ1v) is 6.88. The summed E-state index contributed by atoms with van der Waals surface area (Å²) in [5, 5.41) is 14.5. The lowest BCUT2D eigenvalue weighted by atomic mass is 10.0. The summed E-state index contributed by atoms with van der Waals surface area (Å²) in [5.41, 5.74) is 0.918. The van der Waals surface area contributed by atoms with Gasteiger partial charge in [0.25, 0.3) is 0 Å². The molecule has 1 fully saturated rings.